The largest absolute Gasteiger partial charge is 0.423 e. The number of ether oxygens (including phenoxy) is 2. The van der Waals surface area contributed by atoms with Crippen LogP contribution in [0.15, 0.2) is 18.2 Å². The Morgan fingerprint density at radius 1 is 0.722 bits per heavy atom. The van der Waals surface area contributed by atoms with E-state index in [1.54, 1.807) is 6.07 Å². The topological polar surface area (TPSA) is 52.6 Å². The van der Waals surface area contributed by atoms with E-state index in [2.05, 4.69) is 48.5 Å². The predicted octanol–water partition coefficient (Wildman–Crippen LogP) is 9.33. The van der Waals surface area contributed by atoms with Gasteiger partial charge in [0.05, 0.1) is 0 Å². The van der Waals surface area contributed by atoms with E-state index < -0.39 is 0 Å². The Hall–Kier alpha value is -1.84. The maximum Gasteiger partial charge on any atom is 0.311 e. The van der Waals surface area contributed by atoms with Crippen molar-refractivity contribution >= 4 is 11.9 Å². The molecule has 206 valence electrons. The summed E-state index contributed by atoms with van der Waals surface area (Å²) >= 11 is 0. The Balaban J connectivity index is 2.95. The van der Waals surface area contributed by atoms with Gasteiger partial charge in [0.1, 0.15) is 0 Å². The highest BCUT2D eigenvalue weighted by Crippen LogP contribution is 2.35. The number of hydrogen-bond donors (Lipinski definition) is 0. The third kappa shape index (κ3) is 14.0. The number of hydrogen-bond acceptors (Lipinski definition) is 4. The van der Waals surface area contributed by atoms with Gasteiger partial charge in [0.25, 0.3) is 0 Å². The van der Waals surface area contributed by atoms with E-state index in [-0.39, 0.29) is 11.9 Å². The van der Waals surface area contributed by atoms with Crippen molar-refractivity contribution < 1.29 is 19.1 Å². The second-order valence-electron chi connectivity index (χ2n) is 11.7. The van der Waals surface area contributed by atoms with Gasteiger partial charge >= 0.3 is 11.9 Å². The van der Waals surface area contributed by atoms with Crippen LogP contribution in [-0.2, 0) is 16.0 Å². The van der Waals surface area contributed by atoms with Crippen molar-refractivity contribution in [3.05, 3.63) is 23.8 Å². The molecule has 0 fully saturated rings. The molecule has 0 radical (unpaired) electrons. The summed E-state index contributed by atoms with van der Waals surface area (Å²) in [5.41, 5.74) is 0.956. The van der Waals surface area contributed by atoms with Crippen molar-refractivity contribution in [2.24, 2.45) is 23.7 Å². The lowest BCUT2D eigenvalue weighted by atomic mass is 9.85. The molecule has 0 bridgehead atoms. The molecule has 1 atom stereocenters. The highest BCUT2D eigenvalue weighted by Gasteiger charge is 2.20. The van der Waals surface area contributed by atoms with Gasteiger partial charge in [0.2, 0.25) is 0 Å². The average Bonchev–Trinajstić information content (AvgIpc) is 2.80. The van der Waals surface area contributed by atoms with Gasteiger partial charge in [-0.25, -0.2) is 0 Å². The second kappa shape index (κ2) is 18.4. The number of aryl methyl sites for hydroxylation is 1. The molecule has 4 nitrogen and oxygen atoms in total. The van der Waals surface area contributed by atoms with Crippen LogP contribution in [0.2, 0.25) is 0 Å². The summed E-state index contributed by atoms with van der Waals surface area (Å²) in [6, 6.07) is 5.68. The first-order valence-electron chi connectivity index (χ1n) is 14.7. The number of unbranched alkanes of at least 4 members (excludes halogenated alkanes) is 3. The van der Waals surface area contributed by atoms with Crippen LogP contribution < -0.4 is 9.47 Å². The molecule has 1 unspecified atom stereocenters. The molecule has 0 amide bonds. The lowest BCUT2D eigenvalue weighted by Crippen LogP contribution is -2.14. The van der Waals surface area contributed by atoms with Crippen LogP contribution >= 0.6 is 0 Å². The van der Waals surface area contributed by atoms with Gasteiger partial charge in [-0.1, -0.05) is 106 Å². The third-order valence-electron chi connectivity index (χ3n) is 6.98. The zero-order valence-corrected chi connectivity index (χ0v) is 24.4. The Bertz CT molecular complexity index is 751. The van der Waals surface area contributed by atoms with Crippen molar-refractivity contribution in [1.29, 1.82) is 0 Å². The monoisotopic (exact) mass is 502 g/mol. The molecule has 1 aromatic rings. The summed E-state index contributed by atoms with van der Waals surface area (Å²) in [5, 5.41) is 0. The summed E-state index contributed by atoms with van der Waals surface area (Å²) in [4.78, 5) is 25.3. The van der Waals surface area contributed by atoms with Crippen LogP contribution in [0, 0.1) is 23.7 Å². The van der Waals surface area contributed by atoms with Crippen LogP contribution in [0.25, 0.3) is 0 Å². The summed E-state index contributed by atoms with van der Waals surface area (Å²) in [5.74, 6) is 2.82. The molecule has 0 saturated carbocycles. The molecule has 1 aromatic carbocycles. The van der Waals surface area contributed by atoms with Crippen LogP contribution in [-0.4, -0.2) is 11.9 Å². The van der Waals surface area contributed by atoms with E-state index in [0.29, 0.717) is 48.0 Å². The normalized spacial score (nSPS) is 12.4. The predicted molar refractivity (Wildman–Crippen MR) is 150 cm³/mol. The number of carbonyl (C=O) groups excluding carboxylic acids is 2. The van der Waals surface area contributed by atoms with Crippen molar-refractivity contribution in [2.45, 2.75) is 132 Å². The molecule has 1 rings (SSSR count). The molecule has 0 aliphatic heterocycles. The molecule has 4 heteroatoms. The Labute approximate surface area is 221 Å². The van der Waals surface area contributed by atoms with Gasteiger partial charge in [-0.2, -0.15) is 0 Å². The third-order valence-corrected chi connectivity index (χ3v) is 6.98. The van der Waals surface area contributed by atoms with E-state index in [1.165, 1.54) is 19.3 Å². The number of esters is 2. The van der Waals surface area contributed by atoms with Gasteiger partial charge in [-0.3, -0.25) is 9.59 Å². The first-order valence-corrected chi connectivity index (χ1v) is 14.7. The Morgan fingerprint density at radius 2 is 1.31 bits per heavy atom. The van der Waals surface area contributed by atoms with Crippen molar-refractivity contribution in [3.8, 4) is 11.5 Å². The van der Waals surface area contributed by atoms with Gasteiger partial charge in [0.15, 0.2) is 11.5 Å². The van der Waals surface area contributed by atoms with Crippen LogP contribution in [0.4, 0.5) is 0 Å². The highest BCUT2D eigenvalue weighted by molar-refractivity contribution is 5.76. The molecule has 0 aromatic heterocycles. The fourth-order valence-corrected chi connectivity index (χ4v) is 4.55. The van der Waals surface area contributed by atoms with E-state index in [1.807, 2.05) is 12.1 Å². The first kappa shape index (κ1) is 32.2. The second-order valence-corrected chi connectivity index (χ2v) is 11.7. The Morgan fingerprint density at radius 3 is 1.83 bits per heavy atom. The highest BCUT2D eigenvalue weighted by atomic mass is 16.6. The van der Waals surface area contributed by atoms with E-state index >= 15 is 0 Å². The molecule has 36 heavy (non-hydrogen) atoms. The fourth-order valence-electron chi connectivity index (χ4n) is 4.55. The van der Waals surface area contributed by atoms with E-state index in [4.69, 9.17) is 9.47 Å². The minimum absolute atomic E-state index is 0.244. The summed E-state index contributed by atoms with van der Waals surface area (Å²) in [7, 11) is 0. The maximum atomic E-state index is 12.7. The molecular formula is C32H54O4. The number of benzene rings is 1. The number of rotatable bonds is 19. The van der Waals surface area contributed by atoms with Gasteiger partial charge in [-0.05, 0) is 61.0 Å². The molecule has 0 spiro atoms. The maximum absolute atomic E-state index is 12.7. The SMILES string of the molecule is CCCCC(CCc1cccc(OC(=O)CCCCC(C)C)c1OC(=O)CCCCC(C)C)C(C)C. The molecular weight excluding hydrogens is 448 g/mol. The molecule has 0 N–H and O–H groups in total. The van der Waals surface area contributed by atoms with Gasteiger partial charge in [-0.15, -0.1) is 0 Å². The summed E-state index contributed by atoms with van der Waals surface area (Å²) in [6.45, 7) is 15.6. The zero-order chi connectivity index (χ0) is 26.9. The van der Waals surface area contributed by atoms with Crippen molar-refractivity contribution in [1.82, 2.24) is 0 Å². The number of carbonyl (C=O) groups is 2. The van der Waals surface area contributed by atoms with Gasteiger partial charge < -0.3 is 9.47 Å². The molecule has 0 aliphatic carbocycles. The fraction of sp³-hybridized carbons (Fsp3) is 0.750. The van der Waals surface area contributed by atoms with Crippen LogP contribution in [0.3, 0.4) is 0 Å². The van der Waals surface area contributed by atoms with E-state index in [9.17, 15) is 9.59 Å². The minimum Gasteiger partial charge on any atom is -0.423 e. The van der Waals surface area contributed by atoms with Crippen molar-refractivity contribution in [2.75, 3.05) is 0 Å². The number of para-hydroxylation sites is 1. The molecule has 0 saturated heterocycles. The average molecular weight is 503 g/mol. The zero-order valence-electron chi connectivity index (χ0n) is 24.4. The van der Waals surface area contributed by atoms with Crippen LogP contribution in [0.5, 0.6) is 11.5 Å². The summed E-state index contributed by atoms with van der Waals surface area (Å²) in [6.07, 6.45) is 12.1. The minimum atomic E-state index is -0.256. The molecule has 0 aliphatic rings. The summed E-state index contributed by atoms with van der Waals surface area (Å²) < 4.78 is 11.7. The lowest BCUT2D eigenvalue weighted by Gasteiger charge is -2.22. The Kier molecular flexibility index (Phi) is 16.5. The first-order chi connectivity index (χ1) is 17.1. The quantitative estimate of drug-likeness (QED) is 0.107. The molecule has 0 heterocycles. The van der Waals surface area contributed by atoms with Crippen molar-refractivity contribution in [3.63, 3.8) is 0 Å². The lowest BCUT2D eigenvalue weighted by molar-refractivity contribution is -0.137. The smallest absolute Gasteiger partial charge is 0.311 e. The van der Waals surface area contributed by atoms with Crippen LogP contribution in [0.1, 0.15) is 131 Å². The standard InChI is InChI=1S/C32H54O4/c1-8-9-17-27(26(6)7)22-23-28-18-14-19-29(35-30(33)20-12-10-15-24(2)3)32(28)36-31(34)21-13-11-16-25(4)5/h14,18-19,24-27H,8-13,15-17,20-23H2,1-7H3. The van der Waals surface area contributed by atoms with E-state index in [0.717, 1.165) is 56.9 Å². The van der Waals surface area contributed by atoms with Gasteiger partial charge in [0, 0.05) is 12.8 Å².